The Morgan fingerprint density at radius 2 is 1.62 bits per heavy atom. The number of rotatable bonds is 7. The van der Waals surface area contributed by atoms with Crippen molar-refractivity contribution in [3.05, 3.63) is 90.3 Å². The Labute approximate surface area is 213 Å². The number of sulfonamides is 1. The van der Waals surface area contributed by atoms with Gasteiger partial charge >= 0.3 is 6.18 Å². The second-order valence-corrected chi connectivity index (χ2v) is 10.8. The fraction of sp³-hybridized carbons (Fsp3) is 0.222. The quantitative estimate of drug-likeness (QED) is 0.319. The molecule has 6 nitrogen and oxygen atoms in total. The van der Waals surface area contributed by atoms with Gasteiger partial charge in [-0.3, -0.25) is 4.57 Å². The summed E-state index contributed by atoms with van der Waals surface area (Å²) in [4.78, 5) is 4.51. The average molecular weight is 530 g/mol. The minimum absolute atomic E-state index is 0.0385. The lowest BCUT2D eigenvalue weighted by Gasteiger charge is -2.14. The Bertz CT molecular complexity index is 1520. The largest absolute Gasteiger partial charge is 0.417 e. The van der Waals surface area contributed by atoms with Crippen molar-refractivity contribution in [2.45, 2.75) is 37.4 Å². The van der Waals surface area contributed by atoms with E-state index in [0.717, 1.165) is 11.6 Å². The predicted molar refractivity (Wildman–Crippen MR) is 136 cm³/mol. The summed E-state index contributed by atoms with van der Waals surface area (Å²) in [6.07, 6.45) is -3.08. The lowest BCUT2D eigenvalue weighted by Crippen LogP contribution is -2.23. The average Bonchev–Trinajstić information content (AvgIpc) is 3.30. The normalized spacial score (nSPS) is 12.6. The van der Waals surface area contributed by atoms with E-state index in [-0.39, 0.29) is 28.5 Å². The number of nitrogens with one attached hydrogen (secondary N) is 1. The standard InChI is InChI=1S/C27H26F3N3O3S/c1-4-31-37(35,36)21-9-7-8-19(16-21)18-12-14-20(15-13-18)33-17-24(26(2,3)34)32-25(33)22-10-5-6-11-23(22)27(28,29)30/h5-17,31,34H,4H2,1-3H3. The summed E-state index contributed by atoms with van der Waals surface area (Å²) in [6.45, 7) is 4.98. The topological polar surface area (TPSA) is 84.2 Å². The molecule has 0 spiro atoms. The minimum atomic E-state index is -4.59. The van der Waals surface area contributed by atoms with Gasteiger partial charge in [0.05, 0.1) is 16.2 Å². The van der Waals surface area contributed by atoms with Crippen LogP contribution >= 0.6 is 0 Å². The van der Waals surface area contributed by atoms with Crippen molar-refractivity contribution in [3.8, 4) is 28.2 Å². The summed E-state index contributed by atoms with van der Waals surface area (Å²) in [5.41, 5.74) is -0.213. The van der Waals surface area contributed by atoms with Crippen LogP contribution in [0.15, 0.2) is 83.9 Å². The van der Waals surface area contributed by atoms with E-state index in [1.54, 1.807) is 49.4 Å². The van der Waals surface area contributed by atoms with E-state index in [1.165, 1.54) is 48.9 Å². The monoisotopic (exact) mass is 529 g/mol. The summed E-state index contributed by atoms with van der Waals surface area (Å²) < 4.78 is 70.1. The number of hydrogen-bond donors (Lipinski definition) is 2. The molecule has 4 rings (SSSR count). The smallest absolute Gasteiger partial charge is 0.384 e. The molecule has 0 unspecified atom stereocenters. The van der Waals surface area contributed by atoms with Crippen LogP contribution in [0.5, 0.6) is 0 Å². The van der Waals surface area contributed by atoms with E-state index in [4.69, 9.17) is 0 Å². The van der Waals surface area contributed by atoms with Crippen molar-refractivity contribution < 1.29 is 26.7 Å². The van der Waals surface area contributed by atoms with Gasteiger partial charge in [0, 0.05) is 24.0 Å². The molecule has 194 valence electrons. The summed E-state index contributed by atoms with van der Waals surface area (Å²) in [7, 11) is -3.63. The van der Waals surface area contributed by atoms with Crippen LogP contribution in [0.3, 0.4) is 0 Å². The van der Waals surface area contributed by atoms with Gasteiger partial charge in [0.1, 0.15) is 11.4 Å². The highest BCUT2D eigenvalue weighted by Crippen LogP contribution is 2.38. The zero-order valence-electron chi connectivity index (χ0n) is 20.4. The van der Waals surface area contributed by atoms with E-state index < -0.39 is 27.4 Å². The number of aliphatic hydroxyl groups is 1. The van der Waals surface area contributed by atoms with Gasteiger partial charge in [-0.25, -0.2) is 18.1 Å². The first kappa shape index (κ1) is 26.6. The van der Waals surface area contributed by atoms with Crippen molar-refractivity contribution in [2.24, 2.45) is 0 Å². The Hall–Kier alpha value is -3.47. The van der Waals surface area contributed by atoms with Gasteiger partial charge in [0.25, 0.3) is 0 Å². The summed E-state index contributed by atoms with van der Waals surface area (Å²) in [5, 5.41) is 10.5. The van der Waals surface area contributed by atoms with Gasteiger partial charge in [-0.15, -0.1) is 0 Å². The van der Waals surface area contributed by atoms with Crippen LogP contribution in [0.4, 0.5) is 13.2 Å². The second kappa shape index (κ2) is 9.77. The predicted octanol–water partition coefficient (Wildman–Crippen LogP) is 5.75. The fourth-order valence-electron chi connectivity index (χ4n) is 3.92. The first-order chi connectivity index (χ1) is 17.3. The van der Waals surface area contributed by atoms with Crippen LogP contribution in [0.1, 0.15) is 32.0 Å². The molecule has 0 atom stereocenters. The Morgan fingerprint density at radius 3 is 2.24 bits per heavy atom. The maximum atomic E-state index is 13.8. The lowest BCUT2D eigenvalue weighted by molar-refractivity contribution is -0.137. The third-order valence-corrected chi connectivity index (χ3v) is 7.31. The molecule has 3 aromatic carbocycles. The molecule has 0 aliphatic rings. The lowest BCUT2D eigenvalue weighted by atomic mass is 10.0. The SMILES string of the molecule is CCNS(=O)(=O)c1cccc(-c2ccc(-n3cc(C(C)(C)O)nc3-c3ccccc3C(F)(F)F)cc2)c1. The highest BCUT2D eigenvalue weighted by molar-refractivity contribution is 7.89. The highest BCUT2D eigenvalue weighted by atomic mass is 32.2. The molecule has 0 aliphatic heterocycles. The van der Waals surface area contributed by atoms with Gasteiger partial charge < -0.3 is 5.11 Å². The number of aromatic nitrogens is 2. The zero-order chi connectivity index (χ0) is 27.0. The molecule has 0 bridgehead atoms. The molecule has 1 heterocycles. The van der Waals surface area contributed by atoms with Crippen LogP contribution in [0.25, 0.3) is 28.2 Å². The third-order valence-electron chi connectivity index (χ3n) is 5.76. The molecule has 0 saturated carbocycles. The molecule has 10 heteroatoms. The van der Waals surface area contributed by atoms with Crippen molar-refractivity contribution in [3.63, 3.8) is 0 Å². The second-order valence-electron chi connectivity index (χ2n) is 9.00. The molecule has 2 N–H and O–H groups in total. The first-order valence-electron chi connectivity index (χ1n) is 11.5. The molecular formula is C27H26F3N3O3S. The van der Waals surface area contributed by atoms with Crippen molar-refractivity contribution >= 4 is 10.0 Å². The summed E-state index contributed by atoms with van der Waals surface area (Å²) in [6, 6.07) is 18.5. The molecule has 0 saturated heterocycles. The number of imidazole rings is 1. The van der Waals surface area contributed by atoms with E-state index in [2.05, 4.69) is 9.71 Å². The number of nitrogens with zero attached hydrogens (tertiary/aromatic N) is 2. The minimum Gasteiger partial charge on any atom is -0.384 e. The molecule has 1 aromatic heterocycles. The highest BCUT2D eigenvalue weighted by Gasteiger charge is 2.35. The van der Waals surface area contributed by atoms with E-state index >= 15 is 0 Å². The van der Waals surface area contributed by atoms with Crippen LogP contribution in [-0.2, 0) is 21.8 Å². The molecule has 0 amide bonds. The van der Waals surface area contributed by atoms with E-state index in [0.29, 0.717) is 11.3 Å². The maximum absolute atomic E-state index is 13.8. The van der Waals surface area contributed by atoms with Crippen LogP contribution in [-0.4, -0.2) is 29.6 Å². The van der Waals surface area contributed by atoms with Gasteiger partial charge in [-0.1, -0.05) is 49.4 Å². The van der Waals surface area contributed by atoms with E-state index in [1.807, 2.05) is 0 Å². The number of halogens is 3. The molecule has 4 aromatic rings. The van der Waals surface area contributed by atoms with Crippen LogP contribution in [0, 0.1) is 0 Å². The van der Waals surface area contributed by atoms with Gasteiger partial charge in [-0.05, 0) is 55.3 Å². The van der Waals surface area contributed by atoms with Gasteiger partial charge in [0.2, 0.25) is 10.0 Å². The Kier molecular flexibility index (Phi) is 7.02. The zero-order valence-corrected chi connectivity index (χ0v) is 21.2. The molecular weight excluding hydrogens is 503 g/mol. The van der Waals surface area contributed by atoms with Crippen molar-refractivity contribution in [2.75, 3.05) is 6.54 Å². The van der Waals surface area contributed by atoms with E-state index in [9.17, 15) is 26.7 Å². The Morgan fingerprint density at radius 1 is 0.946 bits per heavy atom. The first-order valence-corrected chi connectivity index (χ1v) is 13.0. The molecule has 0 aliphatic carbocycles. The third kappa shape index (κ3) is 5.61. The van der Waals surface area contributed by atoms with Gasteiger partial charge in [0.15, 0.2) is 0 Å². The maximum Gasteiger partial charge on any atom is 0.417 e. The number of hydrogen-bond acceptors (Lipinski definition) is 4. The van der Waals surface area contributed by atoms with Crippen LogP contribution in [0.2, 0.25) is 0 Å². The van der Waals surface area contributed by atoms with Crippen molar-refractivity contribution in [1.29, 1.82) is 0 Å². The molecule has 0 fully saturated rings. The number of alkyl halides is 3. The number of benzene rings is 3. The van der Waals surface area contributed by atoms with Crippen molar-refractivity contribution in [1.82, 2.24) is 14.3 Å². The molecule has 0 radical (unpaired) electrons. The van der Waals surface area contributed by atoms with Crippen LogP contribution < -0.4 is 4.72 Å². The van der Waals surface area contributed by atoms with Gasteiger partial charge in [-0.2, -0.15) is 13.2 Å². The summed E-state index contributed by atoms with van der Waals surface area (Å²) in [5.74, 6) is 0.0385. The fourth-order valence-corrected chi connectivity index (χ4v) is 5.00. The summed E-state index contributed by atoms with van der Waals surface area (Å²) >= 11 is 0. The Balaban J connectivity index is 1.80. The molecule has 37 heavy (non-hydrogen) atoms.